The Morgan fingerprint density at radius 1 is 0.571 bits per heavy atom. The van der Waals surface area contributed by atoms with E-state index in [1.54, 1.807) is 24.3 Å². The number of rotatable bonds is 9. The highest BCUT2D eigenvalue weighted by molar-refractivity contribution is 5.96. The van der Waals surface area contributed by atoms with Crippen molar-refractivity contribution in [3.8, 4) is 11.5 Å². The average molecular weight is 467 g/mol. The Hall–Kier alpha value is -4.58. The quantitative estimate of drug-likeness (QED) is 0.276. The summed E-state index contributed by atoms with van der Waals surface area (Å²) in [5.74, 6) is 0.111. The largest absolute Gasteiger partial charge is 0.490 e. The zero-order valence-electron chi connectivity index (χ0n) is 19.1. The predicted molar refractivity (Wildman–Crippen MR) is 134 cm³/mol. The maximum atomic E-state index is 13.0. The lowest BCUT2D eigenvalue weighted by molar-refractivity contribution is -0.122. The predicted octanol–water partition coefficient (Wildman–Crippen LogP) is 4.74. The van der Waals surface area contributed by atoms with Crippen molar-refractivity contribution in [2.45, 2.75) is 5.92 Å². The summed E-state index contributed by atoms with van der Waals surface area (Å²) in [5, 5.41) is 0. The first kappa shape index (κ1) is 23.6. The number of carbonyl (C=O) groups excluding carboxylic acids is 2. The second-order valence-corrected chi connectivity index (χ2v) is 7.73. The van der Waals surface area contributed by atoms with Gasteiger partial charge in [0.2, 0.25) is 5.91 Å². The van der Waals surface area contributed by atoms with Crippen LogP contribution in [0.25, 0.3) is 0 Å². The second kappa shape index (κ2) is 12.0. The molecular formula is C29H26N2O4. The summed E-state index contributed by atoms with van der Waals surface area (Å²) in [6.45, 7) is 0.777. The van der Waals surface area contributed by atoms with Crippen molar-refractivity contribution in [2.24, 2.45) is 0 Å². The van der Waals surface area contributed by atoms with Crippen molar-refractivity contribution in [1.82, 2.24) is 10.9 Å². The summed E-state index contributed by atoms with van der Waals surface area (Å²) in [4.78, 5) is 25.6. The highest BCUT2D eigenvalue weighted by Crippen LogP contribution is 2.24. The molecule has 0 atom stereocenters. The topological polar surface area (TPSA) is 76.7 Å². The third kappa shape index (κ3) is 6.71. The Labute approximate surface area is 204 Å². The molecule has 4 rings (SSSR count). The molecule has 0 aromatic heterocycles. The van der Waals surface area contributed by atoms with Gasteiger partial charge >= 0.3 is 0 Å². The molecule has 0 saturated carbocycles. The van der Waals surface area contributed by atoms with Crippen molar-refractivity contribution >= 4 is 11.8 Å². The number of hydrazine groups is 1. The maximum Gasteiger partial charge on any atom is 0.269 e. The normalized spacial score (nSPS) is 10.4. The van der Waals surface area contributed by atoms with Gasteiger partial charge in [0.1, 0.15) is 24.7 Å². The number of hydrogen-bond donors (Lipinski definition) is 2. The van der Waals surface area contributed by atoms with Crippen LogP contribution in [0.15, 0.2) is 115 Å². The van der Waals surface area contributed by atoms with Crippen molar-refractivity contribution in [3.05, 3.63) is 132 Å². The molecule has 2 amide bonds. The van der Waals surface area contributed by atoms with Gasteiger partial charge in [0, 0.05) is 5.56 Å². The fourth-order valence-electron chi connectivity index (χ4n) is 3.59. The number of benzene rings is 4. The van der Waals surface area contributed by atoms with E-state index >= 15 is 0 Å². The first-order chi connectivity index (χ1) is 17.2. The molecule has 6 nitrogen and oxygen atoms in total. The first-order valence-corrected chi connectivity index (χ1v) is 11.3. The standard InChI is InChI=1S/C29H26N2O4/c32-28(24-16-18-26(19-17-24)35-21-20-34-25-14-8-3-9-15-25)30-31-29(33)27(22-10-4-1-5-11-22)23-12-6-2-7-13-23/h1-19,27H,20-21H2,(H,30,32)(H,31,33). The molecule has 2 N–H and O–H groups in total. The van der Waals surface area contributed by atoms with Crippen LogP contribution < -0.4 is 20.3 Å². The van der Waals surface area contributed by atoms with E-state index in [4.69, 9.17) is 9.47 Å². The lowest BCUT2D eigenvalue weighted by Crippen LogP contribution is -2.44. The van der Waals surface area contributed by atoms with Gasteiger partial charge in [-0.2, -0.15) is 0 Å². The van der Waals surface area contributed by atoms with E-state index in [2.05, 4.69) is 10.9 Å². The minimum Gasteiger partial charge on any atom is -0.490 e. The minimum absolute atomic E-state index is 0.325. The summed E-state index contributed by atoms with van der Waals surface area (Å²) in [7, 11) is 0. The van der Waals surface area contributed by atoms with E-state index in [0.717, 1.165) is 16.9 Å². The van der Waals surface area contributed by atoms with Gasteiger partial charge in [0.15, 0.2) is 0 Å². The molecule has 4 aromatic carbocycles. The summed E-state index contributed by atoms with van der Waals surface area (Å²) < 4.78 is 11.3. The summed E-state index contributed by atoms with van der Waals surface area (Å²) >= 11 is 0. The van der Waals surface area contributed by atoms with Gasteiger partial charge in [-0.05, 0) is 47.5 Å². The number of amides is 2. The van der Waals surface area contributed by atoms with Crippen molar-refractivity contribution in [2.75, 3.05) is 13.2 Å². The Balaban J connectivity index is 1.29. The van der Waals surface area contributed by atoms with Crippen LogP contribution in [0.1, 0.15) is 27.4 Å². The molecule has 0 radical (unpaired) electrons. The molecule has 0 heterocycles. The van der Waals surface area contributed by atoms with Crippen LogP contribution in [0.3, 0.4) is 0 Å². The Kier molecular flexibility index (Phi) is 8.11. The number of hydrogen-bond acceptors (Lipinski definition) is 4. The molecule has 0 aliphatic carbocycles. The Morgan fingerprint density at radius 2 is 1.03 bits per heavy atom. The van der Waals surface area contributed by atoms with Gasteiger partial charge in [0.25, 0.3) is 5.91 Å². The van der Waals surface area contributed by atoms with Crippen LogP contribution in [-0.4, -0.2) is 25.0 Å². The molecule has 6 heteroatoms. The molecule has 176 valence electrons. The fourth-order valence-corrected chi connectivity index (χ4v) is 3.59. The molecule has 0 unspecified atom stereocenters. The molecule has 35 heavy (non-hydrogen) atoms. The molecule has 0 saturated heterocycles. The Bertz CT molecular complexity index is 1170. The van der Waals surface area contributed by atoms with Crippen molar-refractivity contribution in [1.29, 1.82) is 0 Å². The Morgan fingerprint density at radius 3 is 1.54 bits per heavy atom. The molecule has 0 fully saturated rings. The zero-order valence-corrected chi connectivity index (χ0v) is 19.1. The number of para-hydroxylation sites is 1. The van der Waals surface area contributed by atoms with Crippen LogP contribution in [-0.2, 0) is 4.79 Å². The fraction of sp³-hybridized carbons (Fsp3) is 0.103. The van der Waals surface area contributed by atoms with Crippen LogP contribution in [0, 0.1) is 0 Å². The third-order valence-corrected chi connectivity index (χ3v) is 5.31. The summed E-state index contributed by atoms with van der Waals surface area (Å²) in [6.07, 6.45) is 0. The molecule has 0 aliphatic rings. The second-order valence-electron chi connectivity index (χ2n) is 7.73. The van der Waals surface area contributed by atoms with E-state index < -0.39 is 11.8 Å². The molecule has 0 spiro atoms. The molecular weight excluding hydrogens is 440 g/mol. The highest BCUT2D eigenvalue weighted by Gasteiger charge is 2.23. The minimum atomic E-state index is -0.549. The van der Waals surface area contributed by atoms with Gasteiger partial charge in [-0.1, -0.05) is 78.9 Å². The van der Waals surface area contributed by atoms with Crippen LogP contribution >= 0.6 is 0 Å². The smallest absolute Gasteiger partial charge is 0.269 e. The van der Waals surface area contributed by atoms with Crippen LogP contribution in [0.4, 0.5) is 0 Å². The van der Waals surface area contributed by atoms with Gasteiger partial charge < -0.3 is 9.47 Å². The number of nitrogens with one attached hydrogen (secondary N) is 2. The lowest BCUT2D eigenvalue weighted by atomic mass is 9.91. The number of ether oxygens (including phenoxy) is 2. The van der Waals surface area contributed by atoms with Gasteiger partial charge in [0.05, 0.1) is 5.92 Å². The van der Waals surface area contributed by atoms with E-state index in [1.807, 2.05) is 91.0 Å². The van der Waals surface area contributed by atoms with Gasteiger partial charge in [-0.15, -0.1) is 0 Å². The van der Waals surface area contributed by atoms with E-state index in [9.17, 15) is 9.59 Å². The third-order valence-electron chi connectivity index (χ3n) is 5.31. The number of carbonyl (C=O) groups is 2. The first-order valence-electron chi connectivity index (χ1n) is 11.3. The maximum absolute atomic E-state index is 13.0. The van der Waals surface area contributed by atoms with Crippen molar-refractivity contribution in [3.63, 3.8) is 0 Å². The SMILES string of the molecule is O=C(NNC(=O)C(c1ccccc1)c1ccccc1)c1ccc(OCCOc2ccccc2)cc1. The monoisotopic (exact) mass is 466 g/mol. The average Bonchev–Trinajstić information content (AvgIpc) is 2.92. The summed E-state index contributed by atoms with van der Waals surface area (Å²) in [6, 6.07) is 35.1. The van der Waals surface area contributed by atoms with E-state index in [0.29, 0.717) is 24.5 Å². The van der Waals surface area contributed by atoms with Crippen LogP contribution in [0.2, 0.25) is 0 Å². The van der Waals surface area contributed by atoms with Gasteiger partial charge in [-0.25, -0.2) is 0 Å². The summed E-state index contributed by atoms with van der Waals surface area (Å²) in [5.41, 5.74) is 7.14. The van der Waals surface area contributed by atoms with Crippen molar-refractivity contribution < 1.29 is 19.1 Å². The molecule has 4 aromatic rings. The highest BCUT2D eigenvalue weighted by atomic mass is 16.5. The van der Waals surface area contributed by atoms with Gasteiger partial charge in [-0.3, -0.25) is 20.4 Å². The molecule has 0 aliphatic heterocycles. The zero-order chi connectivity index (χ0) is 24.3. The van der Waals surface area contributed by atoms with E-state index in [1.165, 1.54) is 0 Å². The molecule has 0 bridgehead atoms. The lowest BCUT2D eigenvalue weighted by Gasteiger charge is -2.18. The van der Waals surface area contributed by atoms with E-state index in [-0.39, 0.29) is 5.91 Å². The van der Waals surface area contributed by atoms with Crippen LogP contribution in [0.5, 0.6) is 11.5 Å².